The van der Waals surface area contributed by atoms with Gasteiger partial charge in [-0.05, 0) is 31.0 Å². The molecule has 1 heterocycles. The Morgan fingerprint density at radius 2 is 2.05 bits per heavy atom. The summed E-state index contributed by atoms with van der Waals surface area (Å²) in [5, 5.41) is 0. The number of alkyl halides is 3. The van der Waals surface area contributed by atoms with Gasteiger partial charge in [-0.3, -0.25) is 0 Å². The molecule has 2 aromatic rings. The van der Waals surface area contributed by atoms with Crippen LogP contribution < -0.4 is 4.74 Å². The van der Waals surface area contributed by atoms with Crippen LogP contribution in [-0.2, 0) is 6.18 Å². The number of aromatic nitrogens is 2. The number of nitrogens with zero attached hydrogens (tertiary/aromatic N) is 2. The highest BCUT2D eigenvalue weighted by Crippen LogP contribution is 2.42. The second-order valence-corrected chi connectivity index (χ2v) is 5.85. The van der Waals surface area contributed by atoms with Crippen molar-refractivity contribution in [3.05, 3.63) is 34.6 Å². The standard InChI is InChI=1S/C14H12BrF3N2O/c1-21-11-6-8(15)2-5-10(11)13-19-12(14(16,17)18)7-20(13)9-3-4-9/h2,5-7,9H,3-4H2,1H3. The van der Waals surface area contributed by atoms with E-state index in [1.807, 2.05) is 0 Å². The smallest absolute Gasteiger partial charge is 0.434 e. The molecule has 1 fully saturated rings. The number of rotatable bonds is 3. The van der Waals surface area contributed by atoms with Gasteiger partial charge in [0.2, 0.25) is 0 Å². The van der Waals surface area contributed by atoms with Crippen LogP contribution in [0.4, 0.5) is 13.2 Å². The third kappa shape index (κ3) is 2.79. The summed E-state index contributed by atoms with van der Waals surface area (Å²) in [6.45, 7) is 0. The molecule has 0 unspecified atom stereocenters. The average Bonchev–Trinajstić information content (AvgIpc) is 3.16. The SMILES string of the molecule is COc1cc(Br)ccc1-c1nc(C(F)(F)F)cn1C1CC1. The van der Waals surface area contributed by atoms with E-state index in [1.54, 1.807) is 22.8 Å². The normalized spacial score (nSPS) is 15.3. The molecule has 1 aliphatic carbocycles. The molecule has 0 spiro atoms. The summed E-state index contributed by atoms with van der Waals surface area (Å²) in [7, 11) is 1.49. The van der Waals surface area contributed by atoms with Crippen molar-refractivity contribution in [3.8, 4) is 17.1 Å². The Morgan fingerprint density at radius 3 is 2.62 bits per heavy atom. The van der Waals surface area contributed by atoms with Crippen LogP contribution in [0.3, 0.4) is 0 Å². The number of hydrogen-bond donors (Lipinski definition) is 0. The third-order valence-corrected chi connectivity index (χ3v) is 3.86. The van der Waals surface area contributed by atoms with E-state index in [4.69, 9.17) is 4.74 Å². The number of benzene rings is 1. The maximum Gasteiger partial charge on any atom is 0.434 e. The molecule has 7 heteroatoms. The first kappa shape index (κ1) is 14.4. The quantitative estimate of drug-likeness (QED) is 0.794. The van der Waals surface area contributed by atoms with Crippen molar-refractivity contribution < 1.29 is 17.9 Å². The zero-order valence-electron chi connectivity index (χ0n) is 11.1. The van der Waals surface area contributed by atoms with Crippen molar-refractivity contribution in [2.45, 2.75) is 25.1 Å². The molecule has 21 heavy (non-hydrogen) atoms. The first-order valence-electron chi connectivity index (χ1n) is 6.40. The van der Waals surface area contributed by atoms with Crippen molar-refractivity contribution in [1.29, 1.82) is 0 Å². The summed E-state index contributed by atoms with van der Waals surface area (Å²) in [5.41, 5.74) is -0.308. The van der Waals surface area contributed by atoms with Crippen molar-refractivity contribution in [3.63, 3.8) is 0 Å². The topological polar surface area (TPSA) is 27.1 Å². The van der Waals surface area contributed by atoms with Gasteiger partial charge in [-0.15, -0.1) is 0 Å². The molecule has 0 radical (unpaired) electrons. The van der Waals surface area contributed by atoms with Crippen molar-refractivity contribution >= 4 is 15.9 Å². The maximum absolute atomic E-state index is 12.9. The number of hydrogen-bond acceptors (Lipinski definition) is 2. The van der Waals surface area contributed by atoms with Gasteiger partial charge in [-0.1, -0.05) is 15.9 Å². The van der Waals surface area contributed by atoms with Gasteiger partial charge < -0.3 is 9.30 Å². The van der Waals surface area contributed by atoms with Crippen LogP contribution in [0.5, 0.6) is 5.75 Å². The van der Waals surface area contributed by atoms with Crippen molar-refractivity contribution in [2.75, 3.05) is 7.11 Å². The largest absolute Gasteiger partial charge is 0.496 e. The number of halogens is 4. The van der Waals surface area contributed by atoms with Crippen LogP contribution in [-0.4, -0.2) is 16.7 Å². The molecule has 0 aliphatic heterocycles. The lowest BCUT2D eigenvalue weighted by Crippen LogP contribution is -2.05. The van der Waals surface area contributed by atoms with E-state index in [-0.39, 0.29) is 6.04 Å². The summed E-state index contributed by atoms with van der Waals surface area (Å²) >= 11 is 3.32. The van der Waals surface area contributed by atoms with E-state index in [2.05, 4.69) is 20.9 Å². The molecule has 1 aliphatic rings. The summed E-state index contributed by atoms with van der Waals surface area (Å²) in [6, 6.07) is 5.28. The number of methoxy groups -OCH3 is 1. The average molecular weight is 361 g/mol. The van der Waals surface area contributed by atoms with Gasteiger partial charge >= 0.3 is 6.18 Å². The fourth-order valence-electron chi connectivity index (χ4n) is 2.21. The highest BCUT2D eigenvalue weighted by molar-refractivity contribution is 9.10. The summed E-state index contributed by atoms with van der Waals surface area (Å²) in [6.07, 6.45) is -1.61. The van der Waals surface area contributed by atoms with Crippen LogP contribution in [0.15, 0.2) is 28.9 Å². The molecule has 3 rings (SSSR count). The molecule has 1 aromatic heterocycles. The molecule has 0 atom stereocenters. The Hall–Kier alpha value is -1.50. The van der Waals surface area contributed by atoms with Gasteiger partial charge in [0.05, 0.1) is 12.7 Å². The van der Waals surface area contributed by atoms with E-state index in [0.29, 0.717) is 17.1 Å². The van der Waals surface area contributed by atoms with Crippen LogP contribution in [0.1, 0.15) is 24.6 Å². The van der Waals surface area contributed by atoms with Crippen LogP contribution >= 0.6 is 15.9 Å². The zero-order valence-corrected chi connectivity index (χ0v) is 12.7. The molecule has 3 nitrogen and oxygen atoms in total. The molecular formula is C14H12BrF3N2O. The predicted octanol–water partition coefficient (Wildman–Crippen LogP) is 4.67. The van der Waals surface area contributed by atoms with Gasteiger partial charge in [-0.25, -0.2) is 4.98 Å². The highest BCUT2D eigenvalue weighted by Gasteiger charge is 2.37. The van der Waals surface area contributed by atoms with Crippen molar-refractivity contribution in [1.82, 2.24) is 9.55 Å². The summed E-state index contributed by atoms with van der Waals surface area (Å²) in [5.74, 6) is 0.791. The van der Waals surface area contributed by atoms with Gasteiger partial charge in [0.25, 0.3) is 0 Å². The first-order valence-corrected chi connectivity index (χ1v) is 7.19. The third-order valence-electron chi connectivity index (χ3n) is 3.37. The highest BCUT2D eigenvalue weighted by atomic mass is 79.9. The minimum absolute atomic E-state index is 0.0944. The fourth-order valence-corrected chi connectivity index (χ4v) is 2.55. The van der Waals surface area contributed by atoms with Crippen LogP contribution in [0.2, 0.25) is 0 Å². The van der Waals surface area contributed by atoms with Gasteiger partial charge in [0.1, 0.15) is 11.6 Å². The maximum atomic E-state index is 12.9. The lowest BCUT2D eigenvalue weighted by molar-refractivity contribution is -0.140. The molecule has 1 saturated carbocycles. The lowest BCUT2D eigenvalue weighted by atomic mass is 10.2. The molecule has 0 N–H and O–H groups in total. The minimum Gasteiger partial charge on any atom is -0.496 e. The van der Waals surface area contributed by atoms with Gasteiger partial charge in [0, 0.05) is 16.7 Å². The molecule has 0 amide bonds. The van der Waals surface area contributed by atoms with Gasteiger partial charge in [-0.2, -0.15) is 13.2 Å². The monoisotopic (exact) mass is 360 g/mol. The molecule has 0 saturated heterocycles. The lowest BCUT2D eigenvalue weighted by Gasteiger charge is -2.10. The van der Waals surface area contributed by atoms with E-state index < -0.39 is 11.9 Å². The van der Waals surface area contributed by atoms with E-state index >= 15 is 0 Å². The second kappa shape index (κ2) is 5.05. The Morgan fingerprint density at radius 1 is 1.33 bits per heavy atom. The zero-order chi connectivity index (χ0) is 15.2. The van der Waals surface area contributed by atoms with Gasteiger partial charge in [0.15, 0.2) is 5.69 Å². The number of imidazole rings is 1. The Balaban J connectivity index is 2.15. The van der Waals surface area contributed by atoms with Crippen LogP contribution in [0.25, 0.3) is 11.4 Å². The Kier molecular flexibility index (Phi) is 3.47. The molecule has 1 aromatic carbocycles. The van der Waals surface area contributed by atoms with E-state index in [1.165, 1.54) is 7.11 Å². The van der Waals surface area contributed by atoms with Crippen LogP contribution in [0, 0.1) is 0 Å². The van der Waals surface area contributed by atoms with Crippen molar-refractivity contribution in [2.24, 2.45) is 0 Å². The Bertz CT molecular complexity index is 677. The van der Waals surface area contributed by atoms with E-state index in [0.717, 1.165) is 23.5 Å². The summed E-state index contributed by atoms with van der Waals surface area (Å²) in [4.78, 5) is 3.79. The summed E-state index contributed by atoms with van der Waals surface area (Å²) < 4.78 is 46.4. The fraction of sp³-hybridized carbons (Fsp3) is 0.357. The second-order valence-electron chi connectivity index (χ2n) is 4.93. The van der Waals surface area contributed by atoms with E-state index in [9.17, 15) is 13.2 Å². The predicted molar refractivity (Wildman–Crippen MR) is 75.2 cm³/mol. The molecule has 0 bridgehead atoms. The first-order chi connectivity index (χ1) is 9.90. The Labute approximate surface area is 127 Å². The number of ether oxygens (including phenoxy) is 1. The minimum atomic E-state index is -4.45. The molecule has 112 valence electrons. The molecular weight excluding hydrogens is 349 g/mol.